The lowest BCUT2D eigenvalue weighted by Crippen LogP contribution is -2.39. The van der Waals surface area contributed by atoms with E-state index in [0.717, 1.165) is 17.0 Å². The van der Waals surface area contributed by atoms with Gasteiger partial charge in [0.1, 0.15) is 23.9 Å². The fourth-order valence-corrected chi connectivity index (χ4v) is 2.66. The zero-order chi connectivity index (χ0) is 14.9. The molecule has 3 rings (SSSR count). The Morgan fingerprint density at radius 1 is 1.33 bits per heavy atom. The molecule has 0 amide bonds. The third-order valence-electron chi connectivity index (χ3n) is 3.96. The van der Waals surface area contributed by atoms with Gasteiger partial charge in [-0.1, -0.05) is 24.3 Å². The van der Waals surface area contributed by atoms with Crippen molar-refractivity contribution in [1.29, 1.82) is 5.26 Å². The Hall–Kier alpha value is -2.38. The zero-order valence-corrected chi connectivity index (χ0v) is 11.8. The van der Waals surface area contributed by atoms with Crippen molar-refractivity contribution in [3.8, 4) is 11.8 Å². The maximum Gasteiger partial charge on any atom is 0.125 e. The molecule has 0 saturated heterocycles. The van der Waals surface area contributed by atoms with E-state index in [9.17, 15) is 10.4 Å². The molecule has 4 heteroatoms. The number of para-hydroxylation sites is 1. The highest BCUT2D eigenvalue weighted by atomic mass is 16.5. The molecule has 4 nitrogen and oxygen atoms in total. The molecule has 2 heterocycles. The molecule has 1 aromatic heterocycles. The Balaban J connectivity index is 1.95. The van der Waals surface area contributed by atoms with Gasteiger partial charge in [0, 0.05) is 23.9 Å². The summed E-state index contributed by atoms with van der Waals surface area (Å²) in [5, 5.41) is 20.3. The summed E-state index contributed by atoms with van der Waals surface area (Å²) in [5.74, 6) is 0.789. The lowest BCUT2D eigenvalue weighted by molar-refractivity contribution is 0.0169. The van der Waals surface area contributed by atoms with Gasteiger partial charge in [0.2, 0.25) is 0 Å². The van der Waals surface area contributed by atoms with Gasteiger partial charge in [0.05, 0.1) is 6.07 Å². The summed E-state index contributed by atoms with van der Waals surface area (Å²) in [6.45, 7) is 2.06. The van der Waals surface area contributed by atoms with Crippen LogP contribution in [0.25, 0.3) is 0 Å². The van der Waals surface area contributed by atoms with E-state index in [0.29, 0.717) is 12.0 Å². The number of pyridine rings is 1. The highest BCUT2D eigenvalue weighted by molar-refractivity contribution is 5.39. The van der Waals surface area contributed by atoms with Gasteiger partial charge in [-0.2, -0.15) is 5.26 Å². The Kier molecular flexibility index (Phi) is 3.36. The van der Waals surface area contributed by atoms with Crippen LogP contribution in [0, 0.1) is 23.7 Å². The lowest BCUT2D eigenvalue weighted by atomic mass is 9.75. The summed E-state index contributed by atoms with van der Waals surface area (Å²) in [6.07, 6.45) is 1.16. The fourth-order valence-electron chi connectivity index (χ4n) is 2.66. The SMILES string of the molecule is Cc1ccc(C(O)C2(C#N)COc3ccccc3C2)cn1. The van der Waals surface area contributed by atoms with Gasteiger partial charge in [-0.25, -0.2) is 0 Å². The number of ether oxygens (including phenoxy) is 1. The molecule has 0 radical (unpaired) electrons. The van der Waals surface area contributed by atoms with E-state index in [-0.39, 0.29) is 6.61 Å². The Labute approximate surface area is 123 Å². The molecule has 1 aliphatic heterocycles. The zero-order valence-electron chi connectivity index (χ0n) is 11.8. The molecule has 2 aromatic rings. The second-order valence-corrected chi connectivity index (χ2v) is 5.48. The molecule has 2 unspecified atom stereocenters. The number of aromatic nitrogens is 1. The van der Waals surface area contributed by atoms with Crippen LogP contribution in [0.2, 0.25) is 0 Å². The first-order chi connectivity index (χ1) is 10.1. The van der Waals surface area contributed by atoms with Gasteiger partial charge >= 0.3 is 0 Å². The molecule has 2 atom stereocenters. The van der Waals surface area contributed by atoms with Crippen LogP contribution in [0.1, 0.15) is 22.9 Å². The molecule has 0 bridgehead atoms. The number of fused-ring (bicyclic) bond motifs is 1. The first-order valence-electron chi connectivity index (χ1n) is 6.87. The van der Waals surface area contributed by atoms with Crippen LogP contribution in [0.15, 0.2) is 42.6 Å². The Morgan fingerprint density at radius 2 is 2.14 bits per heavy atom. The van der Waals surface area contributed by atoms with Crippen molar-refractivity contribution < 1.29 is 9.84 Å². The third kappa shape index (κ3) is 2.37. The Morgan fingerprint density at radius 3 is 2.86 bits per heavy atom. The van der Waals surface area contributed by atoms with Crippen LogP contribution in [0.4, 0.5) is 0 Å². The van der Waals surface area contributed by atoms with Gasteiger partial charge in [0.15, 0.2) is 0 Å². The molecule has 0 spiro atoms. The van der Waals surface area contributed by atoms with Gasteiger partial charge in [-0.3, -0.25) is 4.98 Å². The van der Waals surface area contributed by atoms with Crippen molar-refractivity contribution in [2.75, 3.05) is 6.61 Å². The van der Waals surface area contributed by atoms with Gasteiger partial charge < -0.3 is 9.84 Å². The molecule has 1 aromatic carbocycles. The van der Waals surface area contributed by atoms with Crippen LogP contribution < -0.4 is 4.74 Å². The maximum atomic E-state index is 10.7. The van der Waals surface area contributed by atoms with Crippen molar-refractivity contribution in [2.45, 2.75) is 19.4 Å². The highest BCUT2D eigenvalue weighted by Gasteiger charge is 2.43. The van der Waals surface area contributed by atoms with E-state index in [4.69, 9.17) is 4.74 Å². The third-order valence-corrected chi connectivity index (χ3v) is 3.96. The van der Waals surface area contributed by atoms with Crippen molar-refractivity contribution in [3.05, 3.63) is 59.4 Å². The standard InChI is InChI=1S/C17H16N2O2/c1-12-6-7-14(9-19-12)16(20)17(10-18)8-13-4-2-3-5-15(13)21-11-17/h2-7,9,16,20H,8,11H2,1H3. The summed E-state index contributed by atoms with van der Waals surface area (Å²) < 4.78 is 5.69. The first kappa shape index (κ1) is 13.6. The normalized spacial score (nSPS) is 21.8. The van der Waals surface area contributed by atoms with Crippen molar-refractivity contribution >= 4 is 0 Å². The molecule has 0 saturated carbocycles. The minimum absolute atomic E-state index is 0.176. The second-order valence-electron chi connectivity index (χ2n) is 5.48. The summed E-state index contributed by atoms with van der Waals surface area (Å²) in [5.41, 5.74) is 1.49. The second kappa shape index (κ2) is 5.19. The molecule has 106 valence electrons. The Bertz CT molecular complexity index is 691. The summed E-state index contributed by atoms with van der Waals surface area (Å²) >= 11 is 0. The van der Waals surface area contributed by atoms with E-state index >= 15 is 0 Å². The van der Waals surface area contributed by atoms with E-state index < -0.39 is 11.5 Å². The number of rotatable bonds is 2. The molecule has 0 aliphatic carbocycles. The first-order valence-corrected chi connectivity index (χ1v) is 6.87. The summed E-state index contributed by atoms with van der Waals surface area (Å²) in [6, 6.07) is 13.5. The van der Waals surface area contributed by atoms with Gasteiger partial charge in [0.25, 0.3) is 0 Å². The van der Waals surface area contributed by atoms with Gasteiger partial charge in [-0.05, 0) is 24.6 Å². The molecular weight excluding hydrogens is 264 g/mol. The summed E-state index contributed by atoms with van der Waals surface area (Å²) in [4.78, 5) is 4.19. The molecular formula is C17H16N2O2. The van der Waals surface area contributed by atoms with Crippen LogP contribution in [-0.2, 0) is 6.42 Å². The van der Waals surface area contributed by atoms with Crippen molar-refractivity contribution in [1.82, 2.24) is 4.98 Å². The average Bonchev–Trinajstić information content (AvgIpc) is 2.54. The molecule has 1 N–H and O–H groups in total. The number of aliphatic hydroxyl groups is 1. The smallest absolute Gasteiger partial charge is 0.125 e. The predicted molar refractivity (Wildman–Crippen MR) is 77.6 cm³/mol. The topological polar surface area (TPSA) is 66.1 Å². The number of hydrogen-bond acceptors (Lipinski definition) is 4. The highest BCUT2D eigenvalue weighted by Crippen LogP contribution is 2.42. The lowest BCUT2D eigenvalue weighted by Gasteiger charge is -2.36. The molecule has 21 heavy (non-hydrogen) atoms. The minimum atomic E-state index is -0.981. The number of aryl methyl sites for hydroxylation is 1. The van der Waals surface area contributed by atoms with Crippen LogP contribution in [0.5, 0.6) is 5.75 Å². The monoisotopic (exact) mass is 280 g/mol. The van der Waals surface area contributed by atoms with Crippen LogP contribution in [0.3, 0.4) is 0 Å². The van der Waals surface area contributed by atoms with E-state index in [1.54, 1.807) is 6.20 Å². The maximum absolute atomic E-state index is 10.7. The number of nitrogens with zero attached hydrogens (tertiary/aromatic N) is 2. The fraction of sp³-hybridized carbons (Fsp3) is 0.294. The number of nitriles is 1. The summed E-state index contributed by atoms with van der Waals surface area (Å²) in [7, 11) is 0. The van der Waals surface area contributed by atoms with E-state index in [1.807, 2.05) is 43.3 Å². The number of benzene rings is 1. The van der Waals surface area contributed by atoms with Crippen LogP contribution >= 0.6 is 0 Å². The molecule has 0 fully saturated rings. The van der Waals surface area contributed by atoms with E-state index in [1.165, 1.54) is 0 Å². The van der Waals surface area contributed by atoms with Crippen molar-refractivity contribution in [2.24, 2.45) is 5.41 Å². The van der Waals surface area contributed by atoms with Crippen molar-refractivity contribution in [3.63, 3.8) is 0 Å². The number of aliphatic hydroxyl groups excluding tert-OH is 1. The largest absolute Gasteiger partial charge is 0.492 e. The quantitative estimate of drug-likeness (QED) is 0.918. The van der Waals surface area contributed by atoms with Crippen LogP contribution in [-0.4, -0.2) is 16.7 Å². The molecule has 1 aliphatic rings. The van der Waals surface area contributed by atoms with Gasteiger partial charge in [-0.15, -0.1) is 0 Å². The minimum Gasteiger partial charge on any atom is -0.492 e. The van der Waals surface area contributed by atoms with E-state index in [2.05, 4.69) is 11.1 Å². The number of hydrogen-bond donors (Lipinski definition) is 1. The predicted octanol–water partition coefficient (Wildman–Crippen LogP) is 2.57. The average molecular weight is 280 g/mol.